The molecule has 0 aliphatic carbocycles. The van der Waals surface area contributed by atoms with Gasteiger partial charge in [-0.25, -0.2) is 9.80 Å². The van der Waals surface area contributed by atoms with Gasteiger partial charge in [0.25, 0.3) is 11.8 Å². The molecular weight excluding hydrogens is 354 g/mol. The van der Waals surface area contributed by atoms with Crippen molar-refractivity contribution in [3.05, 3.63) is 64.4 Å². The molecule has 26 heavy (non-hydrogen) atoms. The second-order valence-corrected chi connectivity index (χ2v) is 6.83. The maximum Gasteiger partial charge on any atom is 0.328 e. The van der Waals surface area contributed by atoms with E-state index >= 15 is 0 Å². The van der Waals surface area contributed by atoms with E-state index in [1.165, 1.54) is 11.3 Å². The number of thiophene rings is 1. The molecular formula is C18H13N3O4S. The lowest BCUT2D eigenvalue weighted by Crippen LogP contribution is -2.48. The minimum atomic E-state index is -1.31. The van der Waals surface area contributed by atoms with E-state index in [4.69, 9.17) is 5.11 Å². The van der Waals surface area contributed by atoms with Gasteiger partial charge in [0, 0.05) is 29.8 Å². The molecule has 0 fully saturated rings. The Hall–Kier alpha value is -3.26. The third-order valence-electron chi connectivity index (χ3n) is 4.38. The van der Waals surface area contributed by atoms with Gasteiger partial charge in [0.1, 0.15) is 0 Å². The molecule has 1 aromatic heterocycles. The van der Waals surface area contributed by atoms with Gasteiger partial charge < -0.3 is 10.4 Å². The molecule has 4 rings (SSSR count). The summed E-state index contributed by atoms with van der Waals surface area (Å²) in [7, 11) is 0. The maximum atomic E-state index is 12.9. The zero-order chi connectivity index (χ0) is 18.3. The van der Waals surface area contributed by atoms with Gasteiger partial charge in [-0.1, -0.05) is 24.3 Å². The number of hydrogen-bond donors (Lipinski definition) is 2. The van der Waals surface area contributed by atoms with Crippen molar-refractivity contribution in [2.24, 2.45) is 5.10 Å². The minimum Gasteiger partial charge on any atom is -0.478 e. The number of rotatable bonds is 3. The van der Waals surface area contributed by atoms with Crippen molar-refractivity contribution in [2.75, 3.05) is 5.32 Å². The fraction of sp³-hybridized carbons (Fsp3) is 0.111. The Morgan fingerprint density at radius 2 is 2.04 bits per heavy atom. The topological polar surface area (TPSA) is 99.1 Å². The van der Waals surface area contributed by atoms with Gasteiger partial charge in [0.15, 0.2) is 5.54 Å². The van der Waals surface area contributed by atoms with Crippen LogP contribution in [0, 0.1) is 0 Å². The third kappa shape index (κ3) is 2.34. The third-order valence-corrected chi connectivity index (χ3v) is 5.30. The number of fused-ring (bicyclic) bond motifs is 2. The van der Waals surface area contributed by atoms with E-state index in [1.807, 2.05) is 17.5 Å². The molecule has 2 N–H and O–H groups in total. The number of carboxylic acid groups (broad SMARTS) is 1. The number of amides is 2. The lowest BCUT2D eigenvalue weighted by molar-refractivity contribution is -0.140. The number of nitrogens with one attached hydrogen (secondary N) is 1. The fourth-order valence-electron chi connectivity index (χ4n) is 3.27. The molecule has 0 saturated heterocycles. The molecule has 1 spiro atoms. The predicted molar refractivity (Wildman–Crippen MR) is 95.8 cm³/mol. The summed E-state index contributed by atoms with van der Waals surface area (Å²) in [5.74, 6) is -2.26. The molecule has 3 heterocycles. The Kier molecular flexibility index (Phi) is 3.69. The first-order valence-electron chi connectivity index (χ1n) is 7.80. The zero-order valence-electron chi connectivity index (χ0n) is 13.4. The molecule has 1 aromatic carbocycles. The second-order valence-electron chi connectivity index (χ2n) is 5.88. The summed E-state index contributed by atoms with van der Waals surface area (Å²) >= 11 is 1.46. The summed E-state index contributed by atoms with van der Waals surface area (Å²) in [6, 6.07) is 10.9. The van der Waals surface area contributed by atoms with Gasteiger partial charge in [-0.15, -0.1) is 11.3 Å². The monoisotopic (exact) mass is 367 g/mol. The van der Waals surface area contributed by atoms with Crippen molar-refractivity contribution in [1.29, 1.82) is 0 Å². The number of aliphatic carboxylic acids is 1. The summed E-state index contributed by atoms with van der Waals surface area (Å²) < 4.78 is 0. The average Bonchev–Trinajstić information content (AvgIpc) is 3.33. The Labute approximate surface area is 152 Å². The van der Waals surface area contributed by atoms with Crippen molar-refractivity contribution in [3.63, 3.8) is 0 Å². The summed E-state index contributed by atoms with van der Waals surface area (Å²) in [6.45, 7) is 0. The second kappa shape index (κ2) is 5.92. The lowest BCUT2D eigenvalue weighted by atomic mass is 9.86. The van der Waals surface area contributed by atoms with Crippen LogP contribution < -0.4 is 5.32 Å². The number of carbonyl (C=O) groups excluding carboxylic acids is 2. The van der Waals surface area contributed by atoms with E-state index in [9.17, 15) is 14.4 Å². The van der Waals surface area contributed by atoms with Crippen LogP contribution in [0.15, 0.2) is 59.0 Å². The van der Waals surface area contributed by atoms with Crippen LogP contribution in [-0.4, -0.2) is 33.6 Å². The molecule has 0 radical (unpaired) electrons. The SMILES string of the molecule is O=C(O)/C=C\C(=O)N1N=C(c2cccs2)C[C@@]12C(=O)Nc1ccccc12. The molecule has 0 saturated carbocycles. The van der Waals surface area contributed by atoms with Crippen molar-refractivity contribution in [3.8, 4) is 0 Å². The Balaban J connectivity index is 1.84. The number of para-hydroxylation sites is 1. The molecule has 2 aromatic rings. The molecule has 7 nitrogen and oxygen atoms in total. The van der Waals surface area contributed by atoms with Crippen LogP contribution in [0.1, 0.15) is 16.9 Å². The van der Waals surface area contributed by atoms with E-state index in [0.717, 1.165) is 22.0 Å². The first-order chi connectivity index (χ1) is 12.5. The first kappa shape index (κ1) is 16.2. The van der Waals surface area contributed by atoms with E-state index < -0.39 is 17.4 Å². The van der Waals surface area contributed by atoms with Crippen LogP contribution in [0.2, 0.25) is 0 Å². The predicted octanol–water partition coefficient (Wildman–Crippen LogP) is 2.17. The van der Waals surface area contributed by atoms with Crippen LogP contribution >= 0.6 is 11.3 Å². The van der Waals surface area contributed by atoms with Gasteiger partial charge in [-0.2, -0.15) is 5.10 Å². The highest BCUT2D eigenvalue weighted by Gasteiger charge is 2.57. The molecule has 2 amide bonds. The van der Waals surface area contributed by atoms with Crippen molar-refractivity contribution in [2.45, 2.75) is 12.0 Å². The Morgan fingerprint density at radius 1 is 1.23 bits per heavy atom. The van der Waals surface area contributed by atoms with E-state index in [1.54, 1.807) is 24.3 Å². The quantitative estimate of drug-likeness (QED) is 0.812. The van der Waals surface area contributed by atoms with Crippen LogP contribution in [-0.2, 0) is 19.9 Å². The van der Waals surface area contributed by atoms with Gasteiger partial charge in [0.05, 0.1) is 10.6 Å². The smallest absolute Gasteiger partial charge is 0.328 e. The van der Waals surface area contributed by atoms with E-state index in [-0.39, 0.29) is 12.3 Å². The first-order valence-corrected chi connectivity index (χ1v) is 8.68. The number of hydrogen-bond acceptors (Lipinski definition) is 5. The number of carboxylic acids is 1. The van der Waals surface area contributed by atoms with Gasteiger partial charge in [-0.3, -0.25) is 9.59 Å². The standard InChI is InChI=1S/C18H13N3O4S/c22-15(7-8-16(23)24)21-18(10-13(20-21)14-6-3-9-26-14)11-4-1-2-5-12(11)19-17(18)25/h1-9H,10H2,(H,19,25)(H,23,24)/b8-7-/t18-/m1/s1. The molecule has 8 heteroatoms. The Morgan fingerprint density at radius 3 is 2.77 bits per heavy atom. The van der Waals surface area contributed by atoms with Gasteiger partial charge in [0.2, 0.25) is 0 Å². The normalized spacial score (nSPS) is 21.2. The van der Waals surface area contributed by atoms with Gasteiger partial charge >= 0.3 is 5.97 Å². The van der Waals surface area contributed by atoms with Crippen LogP contribution in [0.25, 0.3) is 0 Å². The lowest BCUT2D eigenvalue weighted by Gasteiger charge is -2.29. The number of hydrazone groups is 1. The molecule has 1 atom stereocenters. The summed E-state index contributed by atoms with van der Waals surface area (Å²) in [5, 5.41) is 19.0. The van der Waals surface area contributed by atoms with Crippen LogP contribution in [0.5, 0.6) is 0 Å². The molecule has 0 bridgehead atoms. The molecule has 130 valence electrons. The maximum absolute atomic E-state index is 12.9. The fourth-order valence-corrected chi connectivity index (χ4v) is 3.98. The number of benzene rings is 1. The number of carbonyl (C=O) groups is 3. The number of anilines is 1. The molecule has 0 unspecified atom stereocenters. The van der Waals surface area contributed by atoms with Crippen LogP contribution in [0.3, 0.4) is 0 Å². The minimum absolute atomic E-state index is 0.225. The van der Waals surface area contributed by atoms with Gasteiger partial charge in [-0.05, 0) is 17.5 Å². The van der Waals surface area contributed by atoms with E-state index in [0.29, 0.717) is 17.0 Å². The van der Waals surface area contributed by atoms with Crippen molar-refractivity contribution < 1.29 is 19.5 Å². The van der Waals surface area contributed by atoms with Crippen LogP contribution in [0.4, 0.5) is 5.69 Å². The van der Waals surface area contributed by atoms with Crippen molar-refractivity contribution >= 4 is 40.5 Å². The van der Waals surface area contributed by atoms with E-state index in [2.05, 4.69) is 10.4 Å². The van der Waals surface area contributed by atoms with Crippen molar-refractivity contribution in [1.82, 2.24) is 5.01 Å². The largest absolute Gasteiger partial charge is 0.478 e. The number of nitrogens with zero attached hydrogens (tertiary/aromatic N) is 2. The summed E-state index contributed by atoms with van der Waals surface area (Å²) in [5.41, 5.74) is 0.581. The highest BCUT2D eigenvalue weighted by Crippen LogP contribution is 2.47. The summed E-state index contributed by atoms with van der Waals surface area (Å²) in [4.78, 5) is 37.2. The highest BCUT2D eigenvalue weighted by atomic mass is 32.1. The Bertz CT molecular complexity index is 980. The molecule has 2 aliphatic heterocycles. The average molecular weight is 367 g/mol. The zero-order valence-corrected chi connectivity index (χ0v) is 14.2. The highest BCUT2D eigenvalue weighted by molar-refractivity contribution is 7.12. The molecule has 2 aliphatic rings. The summed E-state index contributed by atoms with van der Waals surface area (Å²) in [6.07, 6.45) is 1.88.